The summed E-state index contributed by atoms with van der Waals surface area (Å²) < 4.78 is 7.93. The van der Waals surface area contributed by atoms with E-state index in [1.807, 2.05) is 44.4 Å². The minimum Gasteiger partial charge on any atom is -0.439 e. The molecule has 0 aliphatic heterocycles. The molecule has 0 N–H and O–H groups in total. The molecule has 136 valence electrons. The van der Waals surface area contributed by atoms with Crippen LogP contribution in [0.25, 0.3) is 0 Å². The van der Waals surface area contributed by atoms with Crippen molar-refractivity contribution in [3.05, 3.63) is 35.0 Å². The normalized spacial score (nSPS) is 12.0. The first-order valence-corrected chi connectivity index (χ1v) is 8.70. The van der Waals surface area contributed by atoms with Gasteiger partial charge in [-0.1, -0.05) is 20.8 Å². The fraction of sp³-hybridized carbons (Fsp3) is 0.500. The molecule has 5 heteroatoms. The SMILES string of the molecule is CCN(C)C=Nc1cc(C)c(Oc2cc(C(C)(C)C)nn2C)cc1C. The predicted octanol–water partition coefficient (Wildman–Crippen LogP) is 4.74. The summed E-state index contributed by atoms with van der Waals surface area (Å²) in [6.07, 6.45) is 1.86. The molecule has 1 aromatic heterocycles. The minimum absolute atomic E-state index is 0.00575. The Labute approximate surface area is 151 Å². The van der Waals surface area contributed by atoms with Gasteiger partial charge in [-0.15, -0.1) is 0 Å². The Hall–Kier alpha value is -2.30. The van der Waals surface area contributed by atoms with E-state index in [4.69, 9.17) is 4.74 Å². The van der Waals surface area contributed by atoms with Gasteiger partial charge in [0.05, 0.1) is 17.7 Å². The predicted molar refractivity (Wildman–Crippen MR) is 104 cm³/mol. The maximum absolute atomic E-state index is 6.14. The van der Waals surface area contributed by atoms with Crippen LogP contribution in [0.15, 0.2) is 23.2 Å². The molecular formula is C20H30N4O. The smallest absolute Gasteiger partial charge is 0.217 e. The fourth-order valence-corrected chi connectivity index (χ4v) is 2.29. The van der Waals surface area contributed by atoms with E-state index in [1.165, 1.54) is 0 Å². The van der Waals surface area contributed by atoms with Crippen LogP contribution in [0, 0.1) is 13.8 Å². The molecule has 0 unspecified atom stereocenters. The maximum atomic E-state index is 6.14. The Bertz CT molecular complexity index is 769. The summed E-state index contributed by atoms with van der Waals surface area (Å²) in [6, 6.07) is 6.11. The first kappa shape index (κ1) is 19.0. The number of benzene rings is 1. The lowest BCUT2D eigenvalue weighted by molar-refractivity contribution is 0.427. The first-order chi connectivity index (χ1) is 11.6. The minimum atomic E-state index is -0.00575. The van der Waals surface area contributed by atoms with Crippen LogP contribution in [0.5, 0.6) is 11.6 Å². The van der Waals surface area contributed by atoms with E-state index in [1.54, 1.807) is 4.68 Å². The molecule has 0 aliphatic carbocycles. The third-order valence-corrected chi connectivity index (χ3v) is 4.21. The molecule has 0 radical (unpaired) electrons. The molecule has 0 aliphatic rings. The molecule has 0 atom stereocenters. The molecule has 0 saturated carbocycles. The number of aromatic nitrogens is 2. The van der Waals surface area contributed by atoms with E-state index in [0.29, 0.717) is 0 Å². The zero-order valence-electron chi connectivity index (χ0n) is 16.7. The first-order valence-electron chi connectivity index (χ1n) is 8.70. The Kier molecular flexibility index (Phi) is 5.55. The van der Waals surface area contributed by atoms with Crippen LogP contribution in [-0.2, 0) is 12.5 Å². The van der Waals surface area contributed by atoms with Crippen LogP contribution >= 0.6 is 0 Å². The van der Waals surface area contributed by atoms with Gasteiger partial charge in [0.2, 0.25) is 5.88 Å². The standard InChI is InChI=1S/C20H30N4O/c1-9-23(7)13-21-16-10-15(3)17(11-14(16)2)25-19-12-18(20(4,5)6)22-24(19)8/h10-13H,9H2,1-8H3. The second-order valence-electron chi connectivity index (χ2n) is 7.57. The van der Waals surface area contributed by atoms with Crippen molar-refractivity contribution in [3.8, 4) is 11.6 Å². The van der Waals surface area contributed by atoms with E-state index < -0.39 is 0 Å². The zero-order chi connectivity index (χ0) is 18.8. The molecular weight excluding hydrogens is 312 g/mol. The molecule has 0 amide bonds. The van der Waals surface area contributed by atoms with Gasteiger partial charge < -0.3 is 9.64 Å². The molecule has 2 rings (SSSR count). The number of rotatable bonds is 5. The van der Waals surface area contributed by atoms with Gasteiger partial charge in [-0.2, -0.15) is 5.10 Å². The van der Waals surface area contributed by atoms with Crippen LogP contribution < -0.4 is 4.74 Å². The second-order valence-corrected chi connectivity index (χ2v) is 7.57. The van der Waals surface area contributed by atoms with Crippen molar-refractivity contribution in [2.45, 2.75) is 47.0 Å². The Morgan fingerprint density at radius 2 is 1.88 bits per heavy atom. The van der Waals surface area contributed by atoms with E-state index >= 15 is 0 Å². The van der Waals surface area contributed by atoms with Gasteiger partial charge >= 0.3 is 0 Å². The molecule has 0 saturated heterocycles. The topological polar surface area (TPSA) is 42.6 Å². The van der Waals surface area contributed by atoms with Gasteiger partial charge in [-0.3, -0.25) is 0 Å². The average molecular weight is 342 g/mol. The summed E-state index contributed by atoms with van der Waals surface area (Å²) in [5, 5.41) is 4.57. The van der Waals surface area contributed by atoms with Crippen molar-refractivity contribution in [2.24, 2.45) is 12.0 Å². The lowest BCUT2D eigenvalue weighted by Crippen LogP contribution is -2.14. The second kappa shape index (κ2) is 7.30. The summed E-state index contributed by atoms with van der Waals surface area (Å²) in [5.41, 5.74) is 4.11. The summed E-state index contributed by atoms with van der Waals surface area (Å²) in [4.78, 5) is 6.61. The van der Waals surface area contributed by atoms with Gasteiger partial charge in [0.1, 0.15) is 5.75 Å². The lowest BCUT2D eigenvalue weighted by Gasteiger charge is -2.13. The van der Waals surface area contributed by atoms with Gasteiger partial charge in [-0.05, 0) is 44.0 Å². The zero-order valence-corrected chi connectivity index (χ0v) is 16.7. The van der Waals surface area contributed by atoms with Crippen LogP contribution in [0.4, 0.5) is 5.69 Å². The van der Waals surface area contributed by atoms with Crippen molar-refractivity contribution < 1.29 is 4.74 Å². The average Bonchev–Trinajstić information content (AvgIpc) is 2.90. The van der Waals surface area contributed by atoms with Crippen LogP contribution in [-0.4, -0.2) is 34.6 Å². The molecule has 5 nitrogen and oxygen atoms in total. The monoisotopic (exact) mass is 342 g/mol. The highest BCUT2D eigenvalue weighted by Crippen LogP contribution is 2.33. The van der Waals surface area contributed by atoms with Crippen LogP contribution in [0.1, 0.15) is 44.5 Å². The summed E-state index contributed by atoms with van der Waals surface area (Å²) in [6.45, 7) is 13.6. The Morgan fingerprint density at radius 3 is 2.44 bits per heavy atom. The number of ether oxygens (including phenoxy) is 1. The quantitative estimate of drug-likeness (QED) is 0.582. The largest absolute Gasteiger partial charge is 0.439 e. The fourth-order valence-electron chi connectivity index (χ4n) is 2.29. The van der Waals surface area contributed by atoms with Crippen molar-refractivity contribution in [1.82, 2.24) is 14.7 Å². The Balaban J connectivity index is 2.28. The van der Waals surface area contributed by atoms with Gasteiger partial charge in [0, 0.05) is 32.1 Å². The van der Waals surface area contributed by atoms with E-state index in [-0.39, 0.29) is 5.41 Å². The summed E-state index contributed by atoms with van der Waals surface area (Å²) >= 11 is 0. The van der Waals surface area contributed by atoms with E-state index in [2.05, 4.69) is 50.8 Å². The van der Waals surface area contributed by atoms with E-state index in [0.717, 1.165) is 40.7 Å². The van der Waals surface area contributed by atoms with Gasteiger partial charge in [0.25, 0.3) is 0 Å². The van der Waals surface area contributed by atoms with Crippen molar-refractivity contribution in [2.75, 3.05) is 13.6 Å². The number of hydrogen-bond acceptors (Lipinski definition) is 3. The maximum Gasteiger partial charge on any atom is 0.217 e. The Morgan fingerprint density at radius 1 is 1.20 bits per heavy atom. The third kappa shape index (κ3) is 4.62. The van der Waals surface area contributed by atoms with Crippen molar-refractivity contribution in [1.29, 1.82) is 0 Å². The summed E-state index contributed by atoms with van der Waals surface area (Å²) in [5.74, 6) is 1.58. The lowest BCUT2D eigenvalue weighted by atomic mass is 9.93. The van der Waals surface area contributed by atoms with Crippen LogP contribution in [0.3, 0.4) is 0 Å². The van der Waals surface area contributed by atoms with E-state index in [9.17, 15) is 0 Å². The number of aryl methyl sites for hydroxylation is 3. The number of nitrogens with zero attached hydrogens (tertiary/aromatic N) is 4. The molecule has 1 aromatic carbocycles. The summed E-state index contributed by atoms with van der Waals surface area (Å²) in [7, 11) is 3.92. The molecule has 0 bridgehead atoms. The third-order valence-electron chi connectivity index (χ3n) is 4.21. The van der Waals surface area contributed by atoms with Crippen molar-refractivity contribution in [3.63, 3.8) is 0 Å². The highest BCUT2D eigenvalue weighted by Gasteiger charge is 2.20. The highest BCUT2D eigenvalue weighted by molar-refractivity contribution is 5.64. The molecule has 0 fully saturated rings. The van der Waals surface area contributed by atoms with Gasteiger partial charge in [-0.25, -0.2) is 9.67 Å². The molecule has 1 heterocycles. The van der Waals surface area contributed by atoms with Gasteiger partial charge in [0.15, 0.2) is 0 Å². The highest BCUT2D eigenvalue weighted by atomic mass is 16.5. The molecule has 0 spiro atoms. The van der Waals surface area contributed by atoms with Crippen LogP contribution in [0.2, 0.25) is 0 Å². The molecule has 25 heavy (non-hydrogen) atoms. The van der Waals surface area contributed by atoms with Crippen molar-refractivity contribution >= 4 is 12.0 Å². The molecule has 2 aromatic rings. The number of hydrogen-bond donors (Lipinski definition) is 0. The number of aliphatic imine (C=N–C) groups is 1.